The van der Waals surface area contributed by atoms with E-state index in [1.54, 1.807) is 11.3 Å². The van der Waals surface area contributed by atoms with E-state index in [0.29, 0.717) is 0 Å². The maximum Gasteiger partial charge on any atom is 2.00 e. The van der Waals surface area contributed by atoms with E-state index in [1.807, 2.05) is 28.5 Å². The summed E-state index contributed by atoms with van der Waals surface area (Å²) < 4.78 is 1.92. The van der Waals surface area contributed by atoms with Gasteiger partial charge in [0.1, 0.15) is 0 Å². The second-order valence-electron chi connectivity index (χ2n) is 10.6. The van der Waals surface area contributed by atoms with Crippen molar-refractivity contribution in [2.24, 2.45) is 0 Å². The number of anilines is 2. The van der Waals surface area contributed by atoms with Crippen LogP contribution in [0.1, 0.15) is 0 Å². The smallest absolute Gasteiger partial charge is 0.413 e. The Kier molecular flexibility index (Phi) is 6.29. The number of nitrogens with zero attached hydrogens (tertiary/aromatic N) is 4. The van der Waals surface area contributed by atoms with Crippen molar-refractivity contribution in [2.45, 2.75) is 0 Å². The molecule has 7 heteroatoms. The van der Waals surface area contributed by atoms with Crippen molar-refractivity contribution in [2.75, 3.05) is 4.81 Å². The summed E-state index contributed by atoms with van der Waals surface area (Å²) in [6.07, 6.45) is 5.85. The van der Waals surface area contributed by atoms with E-state index < -0.39 is 0 Å². The largest absolute Gasteiger partial charge is 2.00 e. The molecule has 9 rings (SSSR count). The van der Waals surface area contributed by atoms with E-state index in [4.69, 9.17) is 5.10 Å². The van der Waals surface area contributed by atoms with Crippen LogP contribution < -0.4 is 15.7 Å². The number of benzene rings is 5. The van der Waals surface area contributed by atoms with Gasteiger partial charge in [0.25, 0.3) is 0 Å². The molecule has 4 heterocycles. The average Bonchev–Trinajstić information content (AvgIpc) is 3.78. The van der Waals surface area contributed by atoms with E-state index in [1.165, 1.54) is 22.1 Å². The van der Waals surface area contributed by atoms with Crippen LogP contribution in [0, 0.1) is 12.1 Å². The molecule has 0 bridgehead atoms. The minimum absolute atomic E-state index is 0. The average molecular weight is 748 g/mol. The number of hydrogen-bond donors (Lipinski definition) is 0. The molecule has 0 amide bonds. The molecule has 204 valence electrons. The molecular weight excluding hydrogens is 726 g/mol. The summed E-state index contributed by atoms with van der Waals surface area (Å²) >= 11 is 1.64. The molecule has 0 atom stereocenters. The van der Waals surface area contributed by atoms with Crippen molar-refractivity contribution in [1.29, 1.82) is 0 Å². The minimum Gasteiger partial charge on any atom is -0.413 e. The fourth-order valence-corrected chi connectivity index (χ4v) is 7.01. The maximum atomic E-state index is 4.74. The second-order valence-corrected chi connectivity index (χ2v) is 11.5. The Morgan fingerprint density at radius 1 is 0.651 bits per heavy atom. The molecule has 2 aliphatic heterocycles. The Labute approximate surface area is 268 Å². The number of hydrogen-bond acceptors (Lipinski definition) is 4. The van der Waals surface area contributed by atoms with Gasteiger partial charge in [-0.15, -0.1) is 41.5 Å². The van der Waals surface area contributed by atoms with Crippen LogP contribution in [-0.4, -0.2) is 21.6 Å². The van der Waals surface area contributed by atoms with Crippen LogP contribution in [0.4, 0.5) is 11.4 Å². The zero-order chi connectivity index (χ0) is 27.6. The zero-order valence-electron chi connectivity index (χ0n) is 22.7. The van der Waals surface area contributed by atoms with Crippen molar-refractivity contribution in [3.63, 3.8) is 0 Å². The molecule has 0 saturated heterocycles. The summed E-state index contributed by atoms with van der Waals surface area (Å²) in [7, 11) is 0. The fraction of sp³-hybridized carbons (Fsp3) is 0. The summed E-state index contributed by atoms with van der Waals surface area (Å²) in [5.41, 5.74) is 13.5. The van der Waals surface area contributed by atoms with Crippen molar-refractivity contribution >= 4 is 40.5 Å². The topological polar surface area (TPSA) is 34.0 Å². The first-order valence-electron chi connectivity index (χ1n) is 13.9. The third kappa shape index (κ3) is 4.09. The second kappa shape index (κ2) is 10.3. The van der Waals surface area contributed by atoms with Crippen molar-refractivity contribution in [3.8, 4) is 49.6 Å². The quantitative estimate of drug-likeness (QED) is 0.142. The molecule has 7 aromatic rings. The number of fused-ring (bicyclic) bond motifs is 11. The molecule has 5 aromatic carbocycles. The monoisotopic (exact) mass is 747 g/mol. The van der Waals surface area contributed by atoms with Gasteiger partial charge in [-0.2, -0.15) is 22.5 Å². The Morgan fingerprint density at radius 2 is 1.33 bits per heavy atom. The molecule has 0 saturated carbocycles. The third-order valence-corrected chi connectivity index (χ3v) is 9.07. The third-order valence-electron chi connectivity index (χ3n) is 8.26. The predicted molar refractivity (Wildman–Crippen MR) is 172 cm³/mol. The van der Waals surface area contributed by atoms with E-state index in [0.717, 1.165) is 49.9 Å². The summed E-state index contributed by atoms with van der Waals surface area (Å²) in [5, 5.41) is 7.72. The zero-order valence-corrected chi connectivity index (χ0v) is 25.8. The normalized spacial score (nSPS) is 12.4. The van der Waals surface area contributed by atoms with Gasteiger partial charge in [-0.05, 0) is 11.3 Å². The first-order chi connectivity index (χ1) is 20.8. The molecule has 0 fully saturated rings. The van der Waals surface area contributed by atoms with Gasteiger partial charge in [-0.1, -0.05) is 118 Å². The van der Waals surface area contributed by atoms with Crippen LogP contribution in [-0.2, 0) is 21.1 Å². The van der Waals surface area contributed by atoms with Gasteiger partial charge in [0.15, 0.2) is 0 Å². The fourth-order valence-electron chi connectivity index (χ4n) is 6.39. The summed E-state index contributed by atoms with van der Waals surface area (Å²) in [6, 6.07) is 44.2. The van der Waals surface area contributed by atoms with E-state index in [-0.39, 0.29) is 27.9 Å². The first-order valence-corrected chi connectivity index (χ1v) is 14.8. The molecule has 0 spiro atoms. The van der Waals surface area contributed by atoms with Crippen molar-refractivity contribution in [1.82, 2.24) is 14.8 Å². The Morgan fingerprint density at radius 3 is 2.05 bits per heavy atom. The van der Waals surface area contributed by atoms with Gasteiger partial charge >= 0.3 is 27.9 Å². The Bertz CT molecular complexity index is 2120. The Hall–Kier alpha value is -4.51. The van der Waals surface area contributed by atoms with E-state index >= 15 is 0 Å². The van der Waals surface area contributed by atoms with Crippen molar-refractivity contribution < 1.29 is 21.1 Å². The number of aromatic nitrogens is 3. The van der Waals surface area contributed by atoms with Crippen LogP contribution in [0.3, 0.4) is 0 Å². The number of thiazole rings is 1. The molecule has 2 aliphatic rings. The standard InChI is InChI=1S/C36H21BN4S.Pt/c1-2-8-24(9-3-1)26-22-39-40(23-26)27-15-17-31-29-11-5-7-13-33(29)37-32-12-6-4-10-28(32)30-16-14-25(36-38-18-19-42-36)20-34(30)41(37)35(31)21-27;/h1-19,22-23H;/q-2;+2. The molecule has 0 radical (unpaired) electrons. The molecule has 2 aromatic heterocycles. The van der Waals surface area contributed by atoms with Crippen LogP contribution >= 0.6 is 11.3 Å². The van der Waals surface area contributed by atoms with E-state index in [2.05, 4.69) is 125 Å². The van der Waals surface area contributed by atoms with Gasteiger partial charge in [0.2, 0.25) is 0 Å². The first kappa shape index (κ1) is 26.1. The van der Waals surface area contributed by atoms with Gasteiger partial charge in [-0.3, -0.25) is 9.67 Å². The van der Waals surface area contributed by atoms with Crippen LogP contribution in [0.15, 0.2) is 127 Å². The summed E-state index contributed by atoms with van der Waals surface area (Å²) in [6.45, 7) is -0.0100. The predicted octanol–water partition coefficient (Wildman–Crippen LogP) is 7.17. The van der Waals surface area contributed by atoms with E-state index in [9.17, 15) is 0 Å². The maximum absolute atomic E-state index is 4.74. The van der Waals surface area contributed by atoms with Crippen LogP contribution in [0.25, 0.3) is 49.6 Å². The molecule has 0 aliphatic carbocycles. The SMILES string of the molecule is [Pt+2].[c-]1c(-c2nccs2)ccc2c1N1B(c3ccccc3-2)c2ccccc2-c2ccc(-n3cc(-c4ccccc4)cn3)[c-]c21. The summed E-state index contributed by atoms with van der Waals surface area (Å²) in [5.74, 6) is 0. The molecule has 0 N–H and O–H groups in total. The number of rotatable bonds is 3. The molecule has 4 nitrogen and oxygen atoms in total. The summed E-state index contributed by atoms with van der Waals surface area (Å²) in [4.78, 5) is 7.02. The van der Waals surface area contributed by atoms with Gasteiger partial charge in [0, 0.05) is 28.3 Å². The van der Waals surface area contributed by atoms with Gasteiger partial charge in [-0.25, -0.2) is 0 Å². The molecular formula is C36H21BN4PtS. The molecule has 0 unspecified atom stereocenters. The van der Waals surface area contributed by atoms with Crippen LogP contribution in [0.5, 0.6) is 0 Å². The van der Waals surface area contributed by atoms with Crippen molar-refractivity contribution in [3.05, 3.63) is 139 Å². The van der Waals surface area contributed by atoms with Gasteiger partial charge in [0.05, 0.1) is 6.20 Å². The van der Waals surface area contributed by atoms with Crippen LogP contribution in [0.2, 0.25) is 0 Å². The van der Waals surface area contributed by atoms with Gasteiger partial charge < -0.3 is 4.81 Å². The molecule has 43 heavy (non-hydrogen) atoms. The minimum atomic E-state index is -0.0100. The Balaban J connectivity index is 0.00000278.